The number of fused-ring (bicyclic) bond motifs is 2. The fourth-order valence-electron chi connectivity index (χ4n) is 4.92. The number of anilines is 2. The lowest BCUT2D eigenvalue weighted by Crippen LogP contribution is -2.27. The lowest BCUT2D eigenvalue weighted by Gasteiger charge is -2.23. The molecule has 190 valence electrons. The highest BCUT2D eigenvalue weighted by atomic mass is 19.3. The Bertz CT molecular complexity index is 1600. The molecule has 3 heterocycles. The minimum atomic E-state index is -2.55. The SMILES string of the molecule is Cc1cc([C@@H](C)Nc2ccccc2C(=O)O)c2nc(N3Cc4ccc(C(F)F)cc4C3)c(C)c(=O)n2c1. The summed E-state index contributed by atoms with van der Waals surface area (Å²) in [6.07, 6.45) is -0.813. The third-order valence-corrected chi connectivity index (χ3v) is 6.79. The number of carboxylic acids is 1. The number of aryl methyl sites for hydroxylation is 1. The first-order valence-corrected chi connectivity index (χ1v) is 11.9. The summed E-state index contributed by atoms with van der Waals surface area (Å²) >= 11 is 0. The standard InChI is InChI=1S/C28H26F2N4O3/c1-15-10-22(17(3)31-23-7-5-4-6-21(23)28(36)37)26-32-25(16(2)27(35)34(26)12-15)33-13-19-9-8-18(24(29)30)11-20(19)14-33/h4-12,17,24,31H,13-14H2,1-3H3,(H,36,37)/t17-/m1/s1. The maximum absolute atomic E-state index is 13.4. The highest BCUT2D eigenvalue weighted by Gasteiger charge is 2.26. The van der Waals surface area contributed by atoms with Crippen molar-refractivity contribution in [2.75, 3.05) is 10.2 Å². The number of pyridine rings is 1. The van der Waals surface area contributed by atoms with Gasteiger partial charge in [0.25, 0.3) is 12.0 Å². The van der Waals surface area contributed by atoms with Gasteiger partial charge in [0.2, 0.25) is 0 Å². The van der Waals surface area contributed by atoms with Gasteiger partial charge in [-0.25, -0.2) is 18.6 Å². The fraction of sp³-hybridized carbons (Fsp3) is 0.250. The molecule has 7 nitrogen and oxygen atoms in total. The Balaban J connectivity index is 1.57. The number of alkyl halides is 2. The lowest BCUT2D eigenvalue weighted by atomic mass is 10.1. The first kappa shape index (κ1) is 24.4. The van der Waals surface area contributed by atoms with E-state index in [1.165, 1.54) is 22.6 Å². The number of aromatic nitrogens is 2. The molecule has 0 saturated carbocycles. The molecule has 0 radical (unpaired) electrons. The van der Waals surface area contributed by atoms with Gasteiger partial charge in [0.1, 0.15) is 11.5 Å². The molecule has 2 aromatic heterocycles. The predicted octanol–water partition coefficient (Wildman–Crippen LogP) is 5.64. The van der Waals surface area contributed by atoms with Crippen molar-refractivity contribution < 1.29 is 18.7 Å². The van der Waals surface area contributed by atoms with Crippen LogP contribution in [0.1, 0.15) is 63.1 Å². The molecule has 2 N–H and O–H groups in total. The number of hydrogen-bond acceptors (Lipinski definition) is 5. The number of nitrogens with one attached hydrogen (secondary N) is 1. The smallest absolute Gasteiger partial charge is 0.337 e. The van der Waals surface area contributed by atoms with Gasteiger partial charge in [-0.1, -0.05) is 24.3 Å². The fourth-order valence-corrected chi connectivity index (χ4v) is 4.92. The minimum Gasteiger partial charge on any atom is -0.478 e. The van der Waals surface area contributed by atoms with Crippen molar-refractivity contribution >= 4 is 23.1 Å². The predicted molar refractivity (Wildman–Crippen MR) is 138 cm³/mol. The van der Waals surface area contributed by atoms with Crippen molar-refractivity contribution in [1.82, 2.24) is 9.38 Å². The van der Waals surface area contributed by atoms with Crippen LogP contribution in [0, 0.1) is 13.8 Å². The molecule has 0 amide bonds. The summed E-state index contributed by atoms with van der Waals surface area (Å²) in [5.74, 6) is -0.539. The van der Waals surface area contributed by atoms with E-state index in [-0.39, 0.29) is 22.7 Å². The molecule has 1 atom stereocenters. The summed E-state index contributed by atoms with van der Waals surface area (Å²) < 4.78 is 28.0. The lowest BCUT2D eigenvalue weighted by molar-refractivity contribution is 0.0698. The molecule has 0 spiro atoms. The molecule has 37 heavy (non-hydrogen) atoms. The van der Waals surface area contributed by atoms with Crippen molar-refractivity contribution in [1.29, 1.82) is 0 Å². The van der Waals surface area contributed by atoms with Crippen LogP contribution in [0.4, 0.5) is 20.3 Å². The van der Waals surface area contributed by atoms with E-state index in [0.29, 0.717) is 35.8 Å². The Labute approximate surface area is 212 Å². The molecular formula is C28H26F2N4O3. The first-order valence-electron chi connectivity index (χ1n) is 11.9. The third-order valence-electron chi connectivity index (χ3n) is 6.79. The minimum absolute atomic E-state index is 0.0248. The number of rotatable bonds is 6. The van der Waals surface area contributed by atoms with Gasteiger partial charge in [-0.05, 0) is 61.7 Å². The van der Waals surface area contributed by atoms with E-state index in [2.05, 4.69) is 5.32 Å². The largest absolute Gasteiger partial charge is 0.478 e. The second kappa shape index (κ2) is 9.31. The summed E-state index contributed by atoms with van der Waals surface area (Å²) in [4.78, 5) is 32.0. The van der Waals surface area contributed by atoms with E-state index in [0.717, 1.165) is 22.3 Å². The van der Waals surface area contributed by atoms with E-state index >= 15 is 0 Å². The number of halogens is 2. The van der Waals surface area contributed by atoms with E-state index in [4.69, 9.17) is 4.98 Å². The molecule has 1 aliphatic heterocycles. The van der Waals surface area contributed by atoms with Gasteiger partial charge < -0.3 is 15.3 Å². The zero-order chi connectivity index (χ0) is 26.4. The average molecular weight is 505 g/mol. The van der Waals surface area contributed by atoms with Crippen LogP contribution >= 0.6 is 0 Å². The number of carbonyl (C=O) groups is 1. The van der Waals surface area contributed by atoms with Crippen LogP contribution in [-0.4, -0.2) is 20.5 Å². The second-order valence-corrected chi connectivity index (χ2v) is 9.43. The van der Waals surface area contributed by atoms with Gasteiger partial charge in [-0.15, -0.1) is 0 Å². The van der Waals surface area contributed by atoms with Crippen LogP contribution in [0.5, 0.6) is 0 Å². The Hall–Kier alpha value is -4.27. The summed E-state index contributed by atoms with van der Waals surface area (Å²) in [5, 5.41) is 12.8. The zero-order valence-corrected chi connectivity index (χ0v) is 20.6. The molecule has 1 aliphatic rings. The number of aromatic carboxylic acids is 1. The molecule has 0 saturated heterocycles. The van der Waals surface area contributed by atoms with Gasteiger partial charge >= 0.3 is 5.97 Å². The number of benzene rings is 2. The Morgan fingerprint density at radius 3 is 2.54 bits per heavy atom. The van der Waals surface area contributed by atoms with Crippen molar-refractivity contribution in [3.8, 4) is 0 Å². The molecule has 0 aliphatic carbocycles. The maximum atomic E-state index is 13.4. The molecule has 2 aromatic carbocycles. The van der Waals surface area contributed by atoms with E-state index < -0.39 is 12.4 Å². The molecule has 0 unspecified atom stereocenters. The van der Waals surface area contributed by atoms with Crippen molar-refractivity contribution in [3.63, 3.8) is 0 Å². The second-order valence-electron chi connectivity index (χ2n) is 9.43. The zero-order valence-electron chi connectivity index (χ0n) is 20.6. The first-order chi connectivity index (χ1) is 17.6. The molecule has 5 rings (SSSR count). The Morgan fingerprint density at radius 1 is 1.08 bits per heavy atom. The molecule has 4 aromatic rings. The van der Waals surface area contributed by atoms with Gasteiger partial charge in [0, 0.05) is 36.1 Å². The van der Waals surface area contributed by atoms with Crippen molar-refractivity contribution in [3.05, 3.63) is 104 Å². The van der Waals surface area contributed by atoms with Crippen molar-refractivity contribution in [2.45, 2.75) is 46.3 Å². The van der Waals surface area contributed by atoms with Crippen molar-refractivity contribution in [2.24, 2.45) is 0 Å². The molecular weight excluding hydrogens is 478 g/mol. The quantitative estimate of drug-likeness (QED) is 0.353. The Morgan fingerprint density at radius 2 is 1.81 bits per heavy atom. The van der Waals surface area contributed by atoms with Gasteiger partial charge in [-0.3, -0.25) is 9.20 Å². The number of para-hydroxylation sites is 1. The molecule has 0 bridgehead atoms. The van der Waals surface area contributed by atoms with Crippen LogP contribution in [-0.2, 0) is 13.1 Å². The third kappa shape index (κ3) is 4.41. The highest BCUT2D eigenvalue weighted by molar-refractivity contribution is 5.94. The summed E-state index contributed by atoms with van der Waals surface area (Å²) in [5.41, 5.74) is 4.59. The van der Waals surface area contributed by atoms with Crippen LogP contribution in [0.2, 0.25) is 0 Å². The summed E-state index contributed by atoms with van der Waals surface area (Å²) in [6, 6.07) is 12.9. The van der Waals surface area contributed by atoms with Crippen LogP contribution in [0.3, 0.4) is 0 Å². The average Bonchev–Trinajstić information content (AvgIpc) is 3.29. The van der Waals surface area contributed by atoms with E-state index in [9.17, 15) is 23.5 Å². The van der Waals surface area contributed by atoms with E-state index in [1.54, 1.807) is 37.4 Å². The number of hydrogen-bond donors (Lipinski definition) is 2. The van der Waals surface area contributed by atoms with Crippen LogP contribution in [0.15, 0.2) is 59.5 Å². The normalized spacial score (nSPS) is 13.7. The molecule has 9 heteroatoms. The number of carboxylic acid groups (broad SMARTS) is 1. The maximum Gasteiger partial charge on any atom is 0.337 e. The van der Waals surface area contributed by atoms with Crippen LogP contribution in [0.25, 0.3) is 5.65 Å². The van der Waals surface area contributed by atoms with Gasteiger partial charge in [0.15, 0.2) is 0 Å². The Kier molecular flexibility index (Phi) is 6.15. The summed E-state index contributed by atoms with van der Waals surface area (Å²) in [6.45, 7) is 6.33. The monoisotopic (exact) mass is 504 g/mol. The van der Waals surface area contributed by atoms with Gasteiger partial charge in [-0.2, -0.15) is 0 Å². The van der Waals surface area contributed by atoms with Gasteiger partial charge in [0.05, 0.1) is 17.2 Å². The number of nitrogens with zero attached hydrogens (tertiary/aromatic N) is 3. The molecule has 0 fully saturated rings. The topological polar surface area (TPSA) is 86.9 Å². The van der Waals surface area contributed by atoms with E-state index in [1.807, 2.05) is 24.8 Å². The van der Waals surface area contributed by atoms with Crippen LogP contribution < -0.4 is 15.8 Å². The highest BCUT2D eigenvalue weighted by Crippen LogP contribution is 2.33. The summed E-state index contributed by atoms with van der Waals surface area (Å²) in [7, 11) is 0.